The molecule has 3 nitrogen and oxygen atoms in total. The molecule has 0 rings (SSSR count). The fourth-order valence-electron chi connectivity index (χ4n) is 0.246. The van der Waals surface area contributed by atoms with E-state index in [2.05, 4.69) is 5.11 Å². The van der Waals surface area contributed by atoms with E-state index in [0.717, 1.165) is 6.42 Å². The van der Waals surface area contributed by atoms with E-state index in [1.807, 2.05) is 6.92 Å². The van der Waals surface area contributed by atoms with Crippen LogP contribution in [-0.2, 0) is 0 Å². The van der Waals surface area contributed by atoms with Crippen molar-refractivity contribution in [1.82, 2.24) is 0 Å². The number of nitrogens with two attached hydrogens (primary N) is 1. The van der Waals surface area contributed by atoms with E-state index in [0.29, 0.717) is 6.54 Å². The fraction of sp³-hybridized carbons (Fsp3) is 1.00. The lowest BCUT2D eigenvalue weighted by Crippen LogP contribution is -2.21. The number of rotatable bonds is 3. The Kier molecular flexibility index (Phi) is 3.50. The molecule has 42 valence electrons. The summed E-state index contributed by atoms with van der Waals surface area (Å²) < 4.78 is 0. The van der Waals surface area contributed by atoms with E-state index < -0.39 is 0 Å². The predicted octanol–water partition coefficient (Wildman–Crippen LogP) is 0.755. The van der Waals surface area contributed by atoms with Gasteiger partial charge in [-0.1, -0.05) is 6.92 Å². The van der Waals surface area contributed by atoms with Crippen LogP contribution in [0.3, 0.4) is 0 Å². The van der Waals surface area contributed by atoms with Gasteiger partial charge < -0.3 is 5.73 Å². The maximum absolute atomic E-state index is 6.38. The van der Waals surface area contributed by atoms with Crippen molar-refractivity contribution in [3.8, 4) is 0 Å². The smallest absolute Gasteiger partial charge is 0.0747 e. The summed E-state index contributed by atoms with van der Waals surface area (Å²) in [5, 5.41) is 3.13. The van der Waals surface area contributed by atoms with Gasteiger partial charge in [0.2, 0.25) is 0 Å². The molecule has 0 fully saturated rings. The molecular weight excluding hydrogens is 90.1 g/mol. The second-order valence-electron chi connectivity index (χ2n) is 1.51. The third-order valence-electron chi connectivity index (χ3n) is 0.850. The van der Waals surface area contributed by atoms with Gasteiger partial charge in [0.15, 0.2) is 0 Å². The molecule has 0 aromatic rings. The molecule has 0 aromatic carbocycles. The minimum atomic E-state index is 0.0949. The van der Waals surface area contributed by atoms with Crippen LogP contribution in [0.25, 0.3) is 0 Å². The fourth-order valence-corrected chi connectivity index (χ4v) is 0.246. The molecule has 0 aromatic heterocycles. The Bertz CT molecular complexity index is 52.9. The molecule has 0 aliphatic heterocycles. The van der Waals surface area contributed by atoms with Crippen LogP contribution in [-0.4, -0.2) is 12.6 Å². The van der Waals surface area contributed by atoms with Crippen LogP contribution < -0.4 is 5.73 Å². The van der Waals surface area contributed by atoms with Crippen molar-refractivity contribution in [3.05, 3.63) is 0 Å². The van der Waals surface area contributed by atoms with Crippen LogP contribution in [0.4, 0.5) is 0 Å². The number of nitrogens with zero attached hydrogens (tertiary/aromatic N) is 1. The Morgan fingerprint density at radius 2 is 2.43 bits per heavy atom. The summed E-state index contributed by atoms with van der Waals surface area (Å²) in [5.74, 6) is 0. The highest BCUT2D eigenvalue weighted by Crippen LogP contribution is 1.83. The Hall–Kier alpha value is -0.440. The SMILES string of the molecule is CCC(N)CN=N. The maximum Gasteiger partial charge on any atom is 0.0747 e. The van der Waals surface area contributed by atoms with E-state index in [-0.39, 0.29) is 6.04 Å². The third kappa shape index (κ3) is 3.39. The summed E-state index contributed by atoms with van der Waals surface area (Å²) >= 11 is 0. The Labute approximate surface area is 43.4 Å². The van der Waals surface area contributed by atoms with Crippen molar-refractivity contribution >= 4 is 0 Å². The van der Waals surface area contributed by atoms with Gasteiger partial charge in [0.25, 0.3) is 0 Å². The maximum atomic E-state index is 6.38. The van der Waals surface area contributed by atoms with Crippen LogP contribution in [0.15, 0.2) is 5.11 Å². The Morgan fingerprint density at radius 3 is 2.57 bits per heavy atom. The van der Waals surface area contributed by atoms with E-state index in [1.54, 1.807) is 0 Å². The lowest BCUT2D eigenvalue weighted by atomic mass is 10.2. The minimum absolute atomic E-state index is 0.0949. The summed E-state index contributed by atoms with van der Waals surface area (Å²) in [7, 11) is 0. The highest BCUT2D eigenvalue weighted by molar-refractivity contribution is 4.57. The topological polar surface area (TPSA) is 62.2 Å². The van der Waals surface area contributed by atoms with Crippen molar-refractivity contribution in [2.75, 3.05) is 6.54 Å². The lowest BCUT2D eigenvalue weighted by molar-refractivity contribution is 0.637. The summed E-state index contributed by atoms with van der Waals surface area (Å²) in [5.41, 5.74) is 11.8. The monoisotopic (exact) mass is 101 g/mol. The van der Waals surface area contributed by atoms with Crippen molar-refractivity contribution in [2.45, 2.75) is 19.4 Å². The first-order chi connectivity index (χ1) is 3.31. The molecule has 0 bridgehead atoms. The van der Waals surface area contributed by atoms with Crippen LogP contribution in [0.2, 0.25) is 0 Å². The van der Waals surface area contributed by atoms with Gasteiger partial charge in [0.05, 0.1) is 6.54 Å². The molecule has 0 radical (unpaired) electrons. The molecule has 7 heavy (non-hydrogen) atoms. The zero-order valence-electron chi connectivity index (χ0n) is 4.52. The second kappa shape index (κ2) is 3.74. The van der Waals surface area contributed by atoms with E-state index >= 15 is 0 Å². The Morgan fingerprint density at radius 1 is 1.86 bits per heavy atom. The molecule has 1 atom stereocenters. The van der Waals surface area contributed by atoms with Gasteiger partial charge in [-0.3, -0.25) is 0 Å². The van der Waals surface area contributed by atoms with Gasteiger partial charge in [0, 0.05) is 6.04 Å². The zero-order chi connectivity index (χ0) is 5.70. The lowest BCUT2D eigenvalue weighted by Gasteiger charge is -1.99. The Balaban J connectivity index is 2.98. The number of hydrogen-bond acceptors (Lipinski definition) is 3. The summed E-state index contributed by atoms with van der Waals surface area (Å²) in [6, 6.07) is 0.0949. The molecule has 0 saturated carbocycles. The average Bonchev–Trinajstić information content (AvgIpc) is 1.68. The van der Waals surface area contributed by atoms with Gasteiger partial charge in [-0.05, 0) is 6.42 Å². The molecule has 0 saturated heterocycles. The van der Waals surface area contributed by atoms with Crippen molar-refractivity contribution in [1.29, 1.82) is 5.53 Å². The van der Waals surface area contributed by atoms with Gasteiger partial charge in [0.1, 0.15) is 0 Å². The van der Waals surface area contributed by atoms with Crippen LogP contribution in [0, 0.1) is 5.53 Å². The molecule has 0 heterocycles. The second-order valence-corrected chi connectivity index (χ2v) is 1.51. The van der Waals surface area contributed by atoms with Crippen LogP contribution in [0.1, 0.15) is 13.3 Å². The highest BCUT2D eigenvalue weighted by atomic mass is 15.0. The predicted molar refractivity (Wildman–Crippen MR) is 28.3 cm³/mol. The first kappa shape index (κ1) is 6.56. The normalized spacial score (nSPS) is 13.4. The summed E-state index contributed by atoms with van der Waals surface area (Å²) in [6.45, 7) is 2.45. The largest absolute Gasteiger partial charge is 0.326 e. The van der Waals surface area contributed by atoms with Crippen LogP contribution in [0.5, 0.6) is 0 Å². The van der Waals surface area contributed by atoms with Gasteiger partial charge >= 0.3 is 0 Å². The zero-order valence-corrected chi connectivity index (χ0v) is 4.52. The summed E-state index contributed by atoms with van der Waals surface area (Å²) in [4.78, 5) is 0. The molecule has 0 aliphatic rings. The quantitative estimate of drug-likeness (QED) is 0.506. The molecule has 0 aliphatic carbocycles. The van der Waals surface area contributed by atoms with Crippen molar-refractivity contribution in [3.63, 3.8) is 0 Å². The first-order valence-corrected chi connectivity index (χ1v) is 2.40. The van der Waals surface area contributed by atoms with Crippen LogP contribution >= 0.6 is 0 Å². The summed E-state index contributed by atoms with van der Waals surface area (Å²) in [6.07, 6.45) is 0.905. The molecule has 0 spiro atoms. The van der Waals surface area contributed by atoms with E-state index in [4.69, 9.17) is 11.3 Å². The standard InChI is InChI=1S/C4H11N3/c1-2-4(5)3-7-6/h4,6H,2-3,5H2,1H3. The molecule has 1 unspecified atom stereocenters. The molecule has 0 amide bonds. The van der Waals surface area contributed by atoms with E-state index in [1.165, 1.54) is 0 Å². The molecular formula is C4H11N3. The first-order valence-electron chi connectivity index (χ1n) is 2.40. The van der Waals surface area contributed by atoms with Gasteiger partial charge in [-0.2, -0.15) is 5.11 Å². The van der Waals surface area contributed by atoms with Crippen molar-refractivity contribution in [2.24, 2.45) is 10.8 Å². The van der Waals surface area contributed by atoms with Gasteiger partial charge in [-0.25, -0.2) is 5.53 Å². The molecule has 3 heteroatoms. The molecule has 3 N–H and O–H groups in total. The number of nitrogens with one attached hydrogen (secondary N) is 1. The highest BCUT2D eigenvalue weighted by Gasteiger charge is 1.92. The number of hydrogen-bond donors (Lipinski definition) is 2. The van der Waals surface area contributed by atoms with Gasteiger partial charge in [-0.15, -0.1) is 0 Å². The van der Waals surface area contributed by atoms with Crippen molar-refractivity contribution < 1.29 is 0 Å². The minimum Gasteiger partial charge on any atom is -0.326 e. The average molecular weight is 101 g/mol. The third-order valence-corrected chi connectivity index (χ3v) is 0.850. The van der Waals surface area contributed by atoms with E-state index in [9.17, 15) is 0 Å².